The Morgan fingerprint density at radius 1 is 1.15 bits per heavy atom. The number of carboxylic acid groups (broad SMARTS) is 1. The van der Waals surface area contributed by atoms with Crippen molar-refractivity contribution in [2.75, 3.05) is 17.2 Å². The molecule has 0 saturated heterocycles. The van der Waals surface area contributed by atoms with Crippen LogP contribution >= 0.6 is 0 Å². The Morgan fingerprint density at radius 2 is 1.90 bits per heavy atom. The van der Waals surface area contributed by atoms with Gasteiger partial charge in [-0.1, -0.05) is 24.3 Å². The van der Waals surface area contributed by atoms with Gasteiger partial charge in [-0.05, 0) is 35.7 Å². The Morgan fingerprint density at radius 3 is 2.60 bits per heavy atom. The van der Waals surface area contributed by atoms with Crippen molar-refractivity contribution in [3.63, 3.8) is 0 Å². The van der Waals surface area contributed by atoms with Crippen molar-refractivity contribution >= 4 is 17.3 Å². The Kier molecular flexibility index (Phi) is 3.06. The van der Waals surface area contributed by atoms with Gasteiger partial charge in [-0.25, -0.2) is 4.79 Å². The minimum Gasteiger partial charge on any atom is -0.478 e. The maximum absolute atomic E-state index is 10.9. The first kappa shape index (κ1) is 12.5. The minimum atomic E-state index is -0.952. The zero-order valence-electron chi connectivity index (χ0n) is 11.0. The SMILES string of the molecule is Nc1cc(C(=O)O)ccc1N1CCc2ccccc2C1. The van der Waals surface area contributed by atoms with E-state index < -0.39 is 5.97 Å². The van der Waals surface area contributed by atoms with E-state index in [1.807, 2.05) is 6.07 Å². The first-order chi connectivity index (χ1) is 9.65. The zero-order valence-corrected chi connectivity index (χ0v) is 11.0. The number of nitrogens with zero attached hydrogens (tertiary/aromatic N) is 1. The number of benzene rings is 2. The third-order valence-electron chi connectivity index (χ3n) is 3.75. The van der Waals surface area contributed by atoms with Crippen molar-refractivity contribution < 1.29 is 9.90 Å². The third-order valence-corrected chi connectivity index (χ3v) is 3.75. The van der Waals surface area contributed by atoms with Crippen LogP contribution in [0.2, 0.25) is 0 Å². The summed E-state index contributed by atoms with van der Waals surface area (Å²) in [6, 6.07) is 13.3. The first-order valence-electron chi connectivity index (χ1n) is 6.59. The van der Waals surface area contributed by atoms with E-state index in [-0.39, 0.29) is 5.56 Å². The van der Waals surface area contributed by atoms with Crippen LogP contribution in [-0.4, -0.2) is 17.6 Å². The highest BCUT2D eigenvalue weighted by molar-refractivity contribution is 5.90. The van der Waals surface area contributed by atoms with Gasteiger partial charge in [-0.3, -0.25) is 0 Å². The van der Waals surface area contributed by atoms with Crippen LogP contribution < -0.4 is 10.6 Å². The predicted molar refractivity (Wildman–Crippen MR) is 79.0 cm³/mol. The molecule has 1 aliphatic heterocycles. The second kappa shape index (κ2) is 4.89. The lowest BCUT2D eigenvalue weighted by Gasteiger charge is -2.31. The monoisotopic (exact) mass is 268 g/mol. The van der Waals surface area contributed by atoms with Crippen molar-refractivity contribution in [3.05, 3.63) is 59.2 Å². The molecule has 0 atom stereocenters. The lowest BCUT2D eigenvalue weighted by atomic mass is 9.99. The van der Waals surface area contributed by atoms with E-state index in [2.05, 4.69) is 23.1 Å². The number of anilines is 2. The van der Waals surface area contributed by atoms with Gasteiger partial charge in [-0.15, -0.1) is 0 Å². The molecule has 1 heterocycles. The maximum atomic E-state index is 10.9. The average molecular weight is 268 g/mol. The fourth-order valence-corrected chi connectivity index (χ4v) is 2.68. The summed E-state index contributed by atoms with van der Waals surface area (Å²) in [6.07, 6.45) is 0.982. The van der Waals surface area contributed by atoms with Crippen LogP contribution in [0, 0.1) is 0 Å². The second-order valence-corrected chi connectivity index (χ2v) is 5.02. The number of hydrogen-bond acceptors (Lipinski definition) is 3. The fourth-order valence-electron chi connectivity index (χ4n) is 2.68. The molecule has 0 amide bonds. The molecule has 4 heteroatoms. The van der Waals surface area contributed by atoms with Crippen LogP contribution in [0.5, 0.6) is 0 Å². The van der Waals surface area contributed by atoms with E-state index >= 15 is 0 Å². The number of hydrogen-bond donors (Lipinski definition) is 2. The summed E-state index contributed by atoms with van der Waals surface area (Å²) in [5, 5.41) is 8.97. The largest absolute Gasteiger partial charge is 0.478 e. The molecule has 4 nitrogen and oxygen atoms in total. The molecule has 2 aromatic carbocycles. The lowest BCUT2D eigenvalue weighted by molar-refractivity contribution is 0.0697. The second-order valence-electron chi connectivity index (χ2n) is 5.02. The Labute approximate surface area is 117 Å². The van der Waals surface area contributed by atoms with Crippen molar-refractivity contribution in [2.45, 2.75) is 13.0 Å². The van der Waals surface area contributed by atoms with Gasteiger partial charge in [0.25, 0.3) is 0 Å². The van der Waals surface area contributed by atoms with Crippen LogP contribution in [0.25, 0.3) is 0 Å². The van der Waals surface area contributed by atoms with Gasteiger partial charge in [0.15, 0.2) is 0 Å². The van der Waals surface area contributed by atoms with Gasteiger partial charge in [0.05, 0.1) is 16.9 Å². The van der Waals surface area contributed by atoms with E-state index in [4.69, 9.17) is 10.8 Å². The number of carboxylic acids is 1. The zero-order chi connectivity index (χ0) is 14.1. The number of carbonyl (C=O) groups is 1. The molecule has 0 saturated carbocycles. The molecule has 102 valence electrons. The Balaban J connectivity index is 1.90. The molecule has 2 aromatic rings. The molecule has 3 rings (SSSR count). The third kappa shape index (κ3) is 2.20. The van der Waals surface area contributed by atoms with E-state index in [1.165, 1.54) is 17.2 Å². The molecule has 3 N–H and O–H groups in total. The molecule has 0 radical (unpaired) electrons. The van der Waals surface area contributed by atoms with Crippen LogP contribution in [0.4, 0.5) is 11.4 Å². The predicted octanol–water partition coefficient (Wildman–Crippen LogP) is 2.53. The molecule has 0 spiro atoms. The summed E-state index contributed by atoms with van der Waals surface area (Å²) >= 11 is 0. The summed E-state index contributed by atoms with van der Waals surface area (Å²) in [5.41, 5.74) is 10.3. The van der Waals surface area contributed by atoms with Gasteiger partial charge in [0, 0.05) is 13.1 Å². The van der Waals surface area contributed by atoms with Crippen molar-refractivity contribution in [1.82, 2.24) is 0 Å². The quantitative estimate of drug-likeness (QED) is 0.821. The molecule has 20 heavy (non-hydrogen) atoms. The molecule has 0 fully saturated rings. The van der Waals surface area contributed by atoms with Crippen molar-refractivity contribution in [3.8, 4) is 0 Å². The van der Waals surface area contributed by atoms with Crippen molar-refractivity contribution in [2.24, 2.45) is 0 Å². The fraction of sp³-hybridized carbons (Fsp3) is 0.188. The maximum Gasteiger partial charge on any atom is 0.335 e. The van der Waals surface area contributed by atoms with E-state index in [0.29, 0.717) is 5.69 Å². The minimum absolute atomic E-state index is 0.226. The average Bonchev–Trinajstić information content (AvgIpc) is 2.46. The number of aromatic carboxylic acids is 1. The smallest absolute Gasteiger partial charge is 0.335 e. The lowest BCUT2D eigenvalue weighted by Crippen LogP contribution is -2.30. The summed E-state index contributed by atoms with van der Waals surface area (Å²) in [4.78, 5) is 13.1. The first-order valence-corrected chi connectivity index (χ1v) is 6.59. The van der Waals surface area contributed by atoms with E-state index in [1.54, 1.807) is 12.1 Å². The summed E-state index contributed by atoms with van der Waals surface area (Å²) < 4.78 is 0. The number of rotatable bonds is 2. The highest BCUT2D eigenvalue weighted by atomic mass is 16.4. The highest BCUT2D eigenvalue weighted by Crippen LogP contribution is 2.29. The molecular weight excluding hydrogens is 252 g/mol. The topological polar surface area (TPSA) is 66.6 Å². The number of nitrogens with two attached hydrogens (primary N) is 1. The van der Waals surface area contributed by atoms with Crippen molar-refractivity contribution in [1.29, 1.82) is 0 Å². The molecule has 1 aliphatic rings. The Hall–Kier alpha value is -2.49. The van der Waals surface area contributed by atoms with Crippen LogP contribution in [-0.2, 0) is 13.0 Å². The van der Waals surface area contributed by atoms with Crippen LogP contribution in [0.3, 0.4) is 0 Å². The summed E-state index contributed by atoms with van der Waals surface area (Å²) in [6.45, 7) is 1.71. The highest BCUT2D eigenvalue weighted by Gasteiger charge is 2.18. The van der Waals surface area contributed by atoms with E-state index in [0.717, 1.165) is 25.2 Å². The van der Waals surface area contributed by atoms with Gasteiger partial charge in [-0.2, -0.15) is 0 Å². The summed E-state index contributed by atoms with van der Waals surface area (Å²) in [5.74, 6) is -0.952. The number of fused-ring (bicyclic) bond motifs is 1. The van der Waals surface area contributed by atoms with Crippen LogP contribution in [0.15, 0.2) is 42.5 Å². The van der Waals surface area contributed by atoms with Crippen LogP contribution in [0.1, 0.15) is 21.5 Å². The molecule has 0 bridgehead atoms. The molecule has 0 aliphatic carbocycles. The van der Waals surface area contributed by atoms with Gasteiger partial charge < -0.3 is 15.7 Å². The van der Waals surface area contributed by atoms with Gasteiger partial charge in [0.1, 0.15) is 0 Å². The standard InChI is InChI=1S/C16H16N2O2/c17-14-9-12(16(19)20)5-6-15(14)18-8-7-11-3-1-2-4-13(11)10-18/h1-6,9H,7-8,10,17H2,(H,19,20). The summed E-state index contributed by atoms with van der Waals surface area (Å²) in [7, 11) is 0. The van der Waals surface area contributed by atoms with E-state index in [9.17, 15) is 4.79 Å². The Bertz CT molecular complexity index is 667. The molecule has 0 aromatic heterocycles. The molecule has 0 unspecified atom stereocenters. The van der Waals surface area contributed by atoms with Gasteiger partial charge in [0.2, 0.25) is 0 Å². The number of nitrogen functional groups attached to an aromatic ring is 1. The molecular formula is C16H16N2O2. The van der Waals surface area contributed by atoms with Gasteiger partial charge >= 0.3 is 5.97 Å². The normalized spacial score (nSPS) is 13.9.